The topological polar surface area (TPSA) is 12.0 Å². The van der Waals surface area contributed by atoms with Gasteiger partial charge >= 0.3 is 0 Å². The molecule has 0 saturated carbocycles. The summed E-state index contributed by atoms with van der Waals surface area (Å²) in [6.45, 7) is 6.92. The number of hydrogen-bond donors (Lipinski definition) is 1. The van der Waals surface area contributed by atoms with Gasteiger partial charge in [0.25, 0.3) is 0 Å². The molecule has 2 atom stereocenters. The second-order valence-electron chi connectivity index (χ2n) is 6.41. The summed E-state index contributed by atoms with van der Waals surface area (Å²) in [4.78, 5) is 0. The largest absolute Gasteiger partial charge is 0.311 e. The van der Waals surface area contributed by atoms with Gasteiger partial charge in [0.15, 0.2) is 0 Å². The van der Waals surface area contributed by atoms with Crippen molar-refractivity contribution in [2.24, 2.45) is 5.92 Å². The third-order valence-electron chi connectivity index (χ3n) is 4.04. The molecule has 1 aliphatic carbocycles. The molecule has 2 rings (SSSR count). The molecule has 0 fully saturated rings. The number of fused-ring (bicyclic) bond motifs is 1. The predicted molar refractivity (Wildman–Crippen MR) is 83.9 cm³/mol. The quantitative estimate of drug-likeness (QED) is 0.802. The van der Waals surface area contributed by atoms with Gasteiger partial charge in [0.2, 0.25) is 0 Å². The fourth-order valence-corrected chi connectivity index (χ4v) is 3.22. The van der Waals surface area contributed by atoms with Gasteiger partial charge in [-0.3, -0.25) is 0 Å². The minimum absolute atomic E-state index is 0.600. The summed E-state index contributed by atoms with van der Waals surface area (Å²) in [5, 5.41) is 4.64. The molecule has 2 unspecified atom stereocenters. The van der Waals surface area contributed by atoms with Crippen LogP contribution in [0.1, 0.15) is 51.2 Å². The summed E-state index contributed by atoms with van der Waals surface area (Å²) in [7, 11) is 0. The number of rotatable bonds is 6. The van der Waals surface area contributed by atoms with Gasteiger partial charge in [-0.05, 0) is 55.4 Å². The normalized spacial score (nSPS) is 19.7. The third kappa shape index (κ3) is 4.50. The summed E-state index contributed by atoms with van der Waals surface area (Å²) in [5.41, 5.74) is 2.90. The molecule has 0 amide bonds. The van der Waals surface area contributed by atoms with E-state index in [0.29, 0.717) is 12.1 Å². The molecular weight excluding hydrogens is 254 g/mol. The Morgan fingerprint density at radius 2 is 1.89 bits per heavy atom. The highest BCUT2D eigenvalue weighted by atomic mass is 35.5. The molecule has 0 bridgehead atoms. The zero-order valence-electron chi connectivity index (χ0n) is 12.4. The monoisotopic (exact) mass is 279 g/mol. The second kappa shape index (κ2) is 6.76. The van der Waals surface area contributed by atoms with Crippen LogP contribution < -0.4 is 5.32 Å². The molecule has 0 spiro atoms. The molecule has 1 aliphatic rings. The summed E-state index contributed by atoms with van der Waals surface area (Å²) >= 11 is 6.05. The van der Waals surface area contributed by atoms with Crippen LogP contribution in [0.4, 0.5) is 0 Å². The molecule has 1 nitrogen and oxygen atoms in total. The van der Waals surface area contributed by atoms with Gasteiger partial charge in [0.05, 0.1) is 0 Å². The van der Waals surface area contributed by atoms with E-state index in [0.717, 1.165) is 23.8 Å². The van der Waals surface area contributed by atoms with Gasteiger partial charge in [-0.15, -0.1) is 0 Å². The highest BCUT2D eigenvalue weighted by molar-refractivity contribution is 6.30. The lowest BCUT2D eigenvalue weighted by Gasteiger charge is -2.19. The molecule has 19 heavy (non-hydrogen) atoms. The van der Waals surface area contributed by atoms with Crippen molar-refractivity contribution in [3.63, 3.8) is 0 Å². The SMILES string of the molecule is CC(C)CCCC(C)NC1Cc2ccc(Cl)cc2C1. The minimum Gasteiger partial charge on any atom is -0.311 e. The van der Waals surface area contributed by atoms with Crippen LogP contribution in [0, 0.1) is 5.92 Å². The van der Waals surface area contributed by atoms with E-state index >= 15 is 0 Å². The molecule has 0 radical (unpaired) electrons. The van der Waals surface area contributed by atoms with Gasteiger partial charge in [-0.2, -0.15) is 0 Å². The van der Waals surface area contributed by atoms with Gasteiger partial charge in [0, 0.05) is 17.1 Å². The van der Waals surface area contributed by atoms with Crippen LogP contribution in [0.25, 0.3) is 0 Å². The van der Waals surface area contributed by atoms with Crippen LogP contribution in [0.3, 0.4) is 0 Å². The average molecular weight is 280 g/mol. The molecule has 0 heterocycles. The Kier molecular flexibility index (Phi) is 5.29. The van der Waals surface area contributed by atoms with Crippen LogP contribution >= 0.6 is 11.6 Å². The lowest BCUT2D eigenvalue weighted by molar-refractivity contribution is 0.411. The van der Waals surface area contributed by atoms with Crippen molar-refractivity contribution in [2.45, 2.75) is 65.0 Å². The average Bonchev–Trinajstić information content (AvgIpc) is 2.69. The van der Waals surface area contributed by atoms with Crippen molar-refractivity contribution in [3.05, 3.63) is 34.3 Å². The minimum atomic E-state index is 0.600. The Balaban J connectivity index is 1.77. The van der Waals surface area contributed by atoms with E-state index in [1.165, 1.54) is 30.4 Å². The zero-order valence-corrected chi connectivity index (χ0v) is 13.1. The molecule has 2 heteroatoms. The predicted octanol–water partition coefficient (Wildman–Crippen LogP) is 4.61. The van der Waals surface area contributed by atoms with Crippen molar-refractivity contribution in [2.75, 3.05) is 0 Å². The Morgan fingerprint density at radius 3 is 2.63 bits per heavy atom. The molecular formula is C17H26ClN. The van der Waals surface area contributed by atoms with E-state index in [2.05, 4.69) is 38.2 Å². The van der Waals surface area contributed by atoms with Crippen LogP contribution in [0.5, 0.6) is 0 Å². The summed E-state index contributed by atoms with van der Waals surface area (Å²) in [6.07, 6.45) is 6.24. The lowest BCUT2D eigenvalue weighted by atomic mass is 10.0. The van der Waals surface area contributed by atoms with Crippen molar-refractivity contribution < 1.29 is 0 Å². The first-order valence-corrected chi connectivity index (χ1v) is 7.95. The first kappa shape index (κ1) is 14.9. The fourth-order valence-electron chi connectivity index (χ4n) is 3.02. The number of benzene rings is 1. The maximum absolute atomic E-state index is 6.05. The van der Waals surface area contributed by atoms with Gasteiger partial charge < -0.3 is 5.32 Å². The molecule has 0 saturated heterocycles. The molecule has 0 aromatic heterocycles. The molecule has 1 N–H and O–H groups in total. The second-order valence-corrected chi connectivity index (χ2v) is 6.85. The fraction of sp³-hybridized carbons (Fsp3) is 0.647. The van der Waals surface area contributed by atoms with E-state index < -0.39 is 0 Å². The Bertz CT molecular complexity index is 414. The zero-order chi connectivity index (χ0) is 13.8. The van der Waals surface area contributed by atoms with E-state index in [1.54, 1.807) is 0 Å². The van der Waals surface area contributed by atoms with Crippen LogP contribution in [0.2, 0.25) is 5.02 Å². The van der Waals surface area contributed by atoms with Gasteiger partial charge in [-0.1, -0.05) is 44.4 Å². The van der Waals surface area contributed by atoms with E-state index in [-0.39, 0.29) is 0 Å². The standard InChI is InChI=1S/C17H26ClN/c1-12(2)5-4-6-13(3)19-17-10-14-7-8-16(18)9-15(14)11-17/h7-9,12-13,17,19H,4-6,10-11H2,1-3H3. The number of hydrogen-bond acceptors (Lipinski definition) is 1. The van der Waals surface area contributed by atoms with E-state index in [1.807, 2.05) is 6.07 Å². The smallest absolute Gasteiger partial charge is 0.0408 e. The Labute approximate surface area is 122 Å². The first-order chi connectivity index (χ1) is 9.04. The highest BCUT2D eigenvalue weighted by Crippen LogP contribution is 2.25. The Morgan fingerprint density at radius 1 is 1.16 bits per heavy atom. The van der Waals surface area contributed by atoms with Crippen LogP contribution in [0.15, 0.2) is 18.2 Å². The maximum atomic E-state index is 6.05. The Hall–Kier alpha value is -0.530. The van der Waals surface area contributed by atoms with Crippen molar-refractivity contribution in [1.29, 1.82) is 0 Å². The summed E-state index contributed by atoms with van der Waals surface area (Å²) < 4.78 is 0. The molecule has 106 valence electrons. The van der Waals surface area contributed by atoms with Crippen LogP contribution in [-0.2, 0) is 12.8 Å². The van der Waals surface area contributed by atoms with Crippen molar-refractivity contribution >= 4 is 11.6 Å². The van der Waals surface area contributed by atoms with Gasteiger partial charge in [0.1, 0.15) is 0 Å². The van der Waals surface area contributed by atoms with E-state index in [9.17, 15) is 0 Å². The molecule has 1 aromatic carbocycles. The van der Waals surface area contributed by atoms with Gasteiger partial charge in [-0.25, -0.2) is 0 Å². The lowest BCUT2D eigenvalue weighted by Crippen LogP contribution is -2.37. The summed E-state index contributed by atoms with van der Waals surface area (Å²) in [6, 6.07) is 7.54. The molecule has 0 aliphatic heterocycles. The first-order valence-electron chi connectivity index (χ1n) is 7.58. The number of nitrogens with one attached hydrogen (secondary N) is 1. The third-order valence-corrected chi connectivity index (χ3v) is 4.27. The van der Waals surface area contributed by atoms with E-state index in [4.69, 9.17) is 11.6 Å². The van der Waals surface area contributed by atoms with Crippen molar-refractivity contribution in [3.8, 4) is 0 Å². The van der Waals surface area contributed by atoms with Crippen LogP contribution in [-0.4, -0.2) is 12.1 Å². The van der Waals surface area contributed by atoms with Crippen molar-refractivity contribution in [1.82, 2.24) is 5.32 Å². The highest BCUT2D eigenvalue weighted by Gasteiger charge is 2.22. The maximum Gasteiger partial charge on any atom is 0.0408 e. The molecule has 1 aromatic rings. The summed E-state index contributed by atoms with van der Waals surface area (Å²) in [5.74, 6) is 0.824. The number of halogens is 1.